The van der Waals surface area contributed by atoms with E-state index in [9.17, 15) is 0 Å². The smallest absolute Gasteiger partial charge is 0.137 e. The molecule has 0 bridgehead atoms. The standard InChI is InChI=1S/C20H25NO2/c1-3-4-13-22-14-15-23-20-12-11-19(21-16-20)10-9-18-7-5-17(2)6-8-18/h3,5-8,11-12,16H,1,4,9-10,13-15H2,2H3. The third kappa shape index (κ3) is 6.74. The molecule has 0 aliphatic carbocycles. The Morgan fingerprint density at radius 2 is 1.83 bits per heavy atom. The SMILES string of the molecule is [CH2+][CH-]CCOCCOc1ccc(CCc2ccc(C)cc2)nc1. The van der Waals surface area contributed by atoms with Crippen LogP contribution in [0.4, 0.5) is 0 Å². The summed E-state index contributed by atoms with van der Waals surface area (Å²) < 4.78 is 11.0. The molecule has 0 aliphatic heterocycles. The third-order valence-electron chi connectivity index (χ3n) is 3.55. The van der Waals surface area contributed by atoms with Crippen LogP contribution in [0.3, 0.4) is 0 Å². The van der Waals surface area contributed by atoms with E-state index in [1.165, 1.54) is 11.1 Å². The molecule has 1 aromatic heterocycles. The number of nitrogens with zero attached hydrogens (tertiary/aromatic N) is 1. The van der Waals surface area contributed by atoms with Crippen LogP contribution in [0.5, 0.6) is 5.75 Å². The minimum absolute atomic E-state index is 0.543. The van der Waals surface area contributed by atoms with Gasteiger partial charge in [0, 0.05) is 12.3 Å². The summed E-state index contributed by atoms with van der Waals surface area (Å²) >= 11 is 0. The van der Waals surface area contributed by atoms with Gasteiger partial charge in [0.2, 0.25) is 0 Å². The van der Waals surface area contributed by atoms with E-state index in [0.29, 0.717) is 19.8 Å². The van der Waals surface area contributed by atoms with Gasteiger partial charge in [0.25, 0.3) is 0 Å². The summed E-state index contributed by atoms with van der Waals surface area (Å²) in [4.78, 5) is 4.46. The normalized spacial score (nSPS) is 10.7. The molecule has 23 heavy (non-hydrogen) atoms. The molecule has 0 saturated heterocycles. The monoisotopic (exact) mass is 311 g/mol. The van der Waals surface area contributed by atoms with Crippen LogP contribution in [0.1, 0.15) is 23.2 Å². The predicted octanol–water partition coefficient (Wildman–Crippen LogP) is 4.00. The maximum absolute atomic E-state index is 5.60. The van der Waals surface area contributed by atoms with Gasteiger partial charge in [-0.2, -0.15) is 0 Å². The Kier molecular flexibility index (Phi) is 7.47. The fraction of sp³-hybridized carbons (Fsp3) is 0.350. The highest BCUT2D eigenvalue weighted by Crippen LogP contribution is 2.12. The van der Waals surface area contributed by atoms with Gasteiger partial charge in [-0.3, -0.25) is 4.98 Å². The summed E-state index contributed by atoms with van der Waals surface area (Å²) in [5, 5.41) is 0. The van der Waals surface area contributed by atoms with E-state index in [2.05, 4.69) is 43.1 Å². The first kappa shape index (κ1) is 17.4. The Morgan fingerprint density at radius 3 is 2.52 bits per heavy atom. The molecule has 0 N–H and O–H groups in total. The highest BCUT2D eigenvalue weighted by molar-refractivity contribution is 5.23. The summed E-state index contributed by atoms with van der Waals surface area (Å²) in [6.45, 7) is 7.59. The predicted molar refractivity (Wildman–Crippen MR) is 93.4 cm³/mol. The van der Waals surface area contributed by atoms with Gasteiger partial charge in [-0.15, -0.1) is 12.8 Å². The van der Waals surface area contributed by atoms with Gasteiger partial charge < -0.3 is 9.47 Å². The largest absolute Gasteiger partial charge is 0.490 e. The maximum Gasteiger partial charge on any atom is 0.137 e. The molecule has 0 aliphatic rings. The topological polar surface area (TPSA) is 31.4 Å². The average molecular weight is 311 g/mol. The molecular formula is C20H25NO2. The first-order chi connectivity index (χ1) is 11.3. The van der Waals surface area contributed by atoms with Crippen molar-refractivity contribution < 1.29 is 9.47 Å². The molecule has 1 aromatic carbocycles. The molecule has 3 heteroatoms. The molecular weight excluding hydrogens is 286 g/mol. The molecule has 0 unspecified atom stereocenters. The molecule has 2 aromatic rings. The van der Waals surface area contributed by atoms with Crippen molar-refractivity contribution in [2.45, 2.75) is 26.2 Å². The van der Waals surface area contributed by atoms with E-state index in [-0.39, 0.29) is 0 Å². The molecule has 0 saturated carbocycles. The lowest BCUT2D eigenvalue weighted by Gasteiger charge is -2.08. The molecule has 0 radical (unpaired) electrons. The van der Waals surface area contributed by atoms with E-state index >= 15 is 0 Å². The van der Waals surface area contributed by atoms with Crippen LogP contribution in [0, 0.1) is 20.3 Å². The summed E-state index contributed by atoms with van der Waals surface area (Å²) in [6.07, 6.45) is 6.45. The fourth-order valence-corrected chi connectivity index (χ4v) is 2.16. The van der Waals surface area contributed by atoms with E-state index in [0.717, 1.165) is 30.7 Å². The van der Waals surface area contributed by atoms with Crippen molar-refractivity contribution in [2.24, 2.45) is 0 Å². The molecule has 0 atom stereocenters. The van der Waals surface area contributed by atoms with Gasteiger partial charge in [-0.1, -0.05) is 36.8 Å². The number of aryl methyl sites for hydroxylation is 3. The second-order valence-corrected chi connectivity index (χ2v) is 5.51. The Labute approximate surface area is 139 Å². The zero-order valence-electron chi connectivity index (χ0n) is 13.8. The van der Waals surface area contributed by atoms with E-state index < -0.39 is 0 Å². The number of hydrogen-bond acceptors (Lipinski definition) is 3. The lowest BCUT2D eigenvalue weighted by molar-refractivity contribution is 0.102. The van der Waals surface area contributed by atoms with Crippen LogP contribution >= 0.6 is 0 Å². The summed E-state index contributed by atoms with van der Waals surface area (Å²) in [5.74, 6) is 0.788. The van der Waals surface area contributed by atoms with Crippen LogP contribution in [-0.4, -0.2) is 24.8 Å². The molecule has 3 nitrogen and oxygen atoms in total. The van der Waals surface area contributed by atoms with Crippen molar-refractivity contribution in [1.29, 1.82) is 0 Å². The van der Waals surface area contributed by atoms with Crippen LogP contribution in [-0.2, 0) is 17.6 Å². The summed E-state index contributed by atoms with van der Waals surface area (Å²) in [7, 11) is 0. The molecule has 2 rings (SSSR count). The van der Waals surface area contributed by atoms with Gasteiger partial charge in [0.1, 0.15) is 12.4 Å². The number of unbranched alkanes of at least 4 members (excludes halogenated alkanes) is 1. The van der Waals surface area contributed by atoms with Crippen LogP contribution < -0.4 is 4.74 Å². The van der Waals surface area contributed by atoms with Crippen molar-refractivity contribution in [3.8, 4) is 5.75 Å². The lowest BCUT2D eigenvalue weighted by Crippen LogP contribution is -2.07. The highest BCUT2D eigenvalue weighted by Gasteiger charge is 1.99. The number of rotatable bonds is 10. The van der Waals surface area contributed by atoms with Gasteiger partial charge in [0.05, 0.1) is 12.8 Å². The van der Waals surface area contributed by atoms with Crippen LogP contribution in [0.2, 0.25) is 0 Å². The van der Waals surface area contributed by atoms with Crippen molar-refractivity contribution in [3.63, 3.8) is 0 Å². The zero-order valence-corrected chi connectivity index (χ0v) is 13.8. The highest BCUT2D eigenvalue weighted by atomic mass is 16.5. The molecule has 122 valence electrons. The van der Waals surface area contributed by atoms with Gasteiger partial charge >= 0.3 is 0 Å². The zero-order chi connectivity index (χ0) is 16.3. The Bertz CT molecular complexity index is 549. The molecule has 0 amide bonds. The Morgan fingerprint density at radius 1 is 1.00 bits per heavy atom. The summed E-state index contributed by atoms with van der Waals surface area (Å²) in [5.41, 5.74) is 3.72. The molecule has 1 heterocycles. The number of ether oxygens (including phenoxy) is 2. The van der Waals surface area contributed by atoms with E-state index in [1.807, 2.05) is 18.6 Å². The van der Waals surface area contributed by atoms with Crippen molar-refractivity contribution in [3.05, 3.63) is 72.8 Å². The van der Waals surface area contributed by atoms with E-state index in [1.54, 1.807) is 6.20 Å². The van der Waals surface area contributed by atoms with E-state index in [4.69, 9.17) is 9.47 Å². The van der Waals surface area contributed by atoms with Gasteiger partial charge in [0.15, 0.2) is 0 Å². The molecule has 0 fully saturated rings. The van der Waals surface area contributed by atoms with Crippen molar-refractivity contribution >= 4 is 0 Å². The van der Waals surface area contributed by atoms with Gasteiger partial charge in [-0.05, 0) is 37.5 Å². The van der Waals surface area contributed by atoms with Gasteiger partial charge in [-0.25, -0.2) is 0 Å². The summed E-state index contributed by atoms with van der Waals surface area (Å²) in [6, 6.07) is 12.7. The number of benzene rings is 1. The Balaban J connectivity index is 1.68. The fourth-order valence-electron chi connectivity index (χ4n) is 2.16. The van der Waals surface area contributed by atoms with Crippen LogP contribution in [0.15, 0.2) is 42.6 Å². The second kappa shape index (κ2) is 9.90. The number of pyridine rings is 1. The molecule has 0 spiro atoms. The maximum atomic E-state index is 5.60. The third-order valence-corrected chi connectivity index (χ3v) is 3.55. The first-order valence-corrected chi connectivity index (χ1v) is 8.10. The quantitative estimate of drug-likeness (QED) is 0.491. The first-order valence-electron chi connectivity index (χ1n) is 8.10. The van der Waals surface area contributed by atoms with Crippen molar-refractivity contribution in [2.75, 3.05) is 19.8 Å². The Hall–Kier alpha value is -2.00. The minimum atomic E-state index is 0.543. The average Bonchev–Trinajstić information content (AvgIpc) is 2.58. The lowest BCUT2D eigenvalue weighted by atomic mass is 10.1. The van der Waals surface area contributed by atoms with Crippen LogP contribution in [0.25, 0.3) is 0 Å². The second-order valence-electron chi connectivity index (χ2n) is 5.51. The number of hydrogen-bond donors (Lipinski definition) is 0. The van der Waals surface area contributed by atoms with Crippen molar-refractivity contribution in [1.82, 2.24) is 4.98 Å². The minimum Gasteiger partial charge on any atom is -0.490 e. The number of aromatic nitrogens is 1.